The Morgan fingerprint density at radius 1 is 1.15 bits per heavy atom. The maximum atomic E-state index is 13.2. The van der Waals surface area contributed by atoms with E-state index in [1.165, 1.54) is 16.6 Å². The lowest BCUT2D eigenvalue weighted by atomic mass is 9.95. The second-order valence-corrected chi connectivity index (χ2v) is 10.3. The standard InChI is InChI=1S/C24H19BrN4O2S2/c25-18-13-16(31-23(18)33-24-26-11-6-12-27-24)14-28-22-20(17-9-4-5-10-19(17)32-22)21(30)29-15-7-2-1-3-8-15/h1-3,6-8,11-14H,4-5,9-10H2,(H,29,30). The van der Waals surface area contributed by atoms with Gasteiger partial charge in [-0.25, -0.2) is 15.0 Å². The van der Waals surface area contributed by atoms with Crippen LogP contribution in [0.5, 0.6) is 0 Å². The van der Waals surface area contributed by atoms with Crippen LogP contribution in [0.3, 0.4) is 0 Å². The molecule has 6 nitrogen and oxygen atoms in total. The molecule has 1 N–H and O–H groups in total. The van der Waals surface area contributed by atoms with Crippen molar-refractivity contribution in [3.05, 3.63) is 81.1 Å². The molecule has 4 aromatic rings. The summed E-state index contributed by atoms with van der Waals surface area (Å²) in [6.45, 7) is 0. The van der Waals surface area contributed by atoms with Crippen LogP contribution in [0.15, 0.2) is 79.0 Å². The first kappa shape index (κ1) is 22.1. The summed E-state index contributed by atoms with van der Waals surface area (Å²) in [6, 6.07) is 13.1. The van der Waals surface area contributed by atoms with E-state index in [0.717, 1.165) is 41.4 Å². The molecule has 0 aliphatic heterocycles. The Bertz CT molecular complexity index is 1300. The average Bonchev–Trinajstić information content (AvgIpc) is 3.38. The third-order valence-corrected chi connectivity index (χ3v) is 8.05. The number of furan rings is 1. The molecule has 0 radical (unpaired) electrons. The zero-order valence-corrected chi connectivity index (χ0v) is 20.7. The number of hydrogen-bond donors (Lipinski definition) is 1. The van der Waals surface area contributed by atoms with Gasteiger partial charge in [-0.3, -0.25) is 4.79 Å². The van der Waals surface area contributed by atoms with Crippen LogP contribution in [0.25, 0.3) is 0 Å². The molecular weight excluding hydrogens is 520 g/mol. The highest BCUT2D eigenvalue weighted by molar-refractivity contribution is 9.10. The van der Waals surface area contributed by atoms with E-state index < -0.39 is 0 Å². The van der Waals surface area contributed by atoms with E-state index in [2.05, 4.69) is 36.2 Å². The molecule has 9 heteroatoms. The Kier molecular flexibility index (Phi) is 6.70. The summed E-state index contributed by atoms with van der Waals surface area (Å²) in [7, 11) is 0. The molecule has 0 atom stereocenters. The van der Waals surface area contributed by atoms with E-state index in [-0.39, 0.29) is 5.91 Å². The number of benzene rings is 1. The first-order chi connectivity index (χ1) is 16.2. The lowest BCUT2D eigenvalue weighted by molar-refractivity contribution is 0.102. The number of aliphatic imine (C=N–C) groups is 1. The molecule has 1 amide bonds. The van der Waals surface area contributed by atoms with Crippen molar-refractivity contribution < 1.29 is 9.21 Å². The largest absolute Gasteiger partial charge is 0.447 e. The second kappa shape index (κ2) is 10.0. The number of carbonyl (C=O) groups is 1. The van der Waals surface area contributed by atoms with Crippen LogP contribution in [-0.4, -0.2) is 22.1 Å². The zero-order valence-electron chi connectivity index (χ0n) is 17.5. The van der Waals surface area contributed by atoms with Gasteiger partial charge in [-0.15, -0.1) is 11.3 Å². The van der Waals surface area contributed by atoms with Gasteiger partial charge in [-0.2, -0.15) is 0 Å². The van der Waals surface area contributed by atoms with E-state index >= 15 is 0 Å². The average molecular weight is 539 g/mol. The monoisotopic (exact) mass is 538 g/mol. The highest BCUT2D eigenvalue weighted by Crippen LogP contribution is 2.40. The fourth-order valence-electron chi connectivity index (χ4n) is 3.64. The van der Waals surface area contributed by atoms with Crippen molar-refractivity contribution in [3.63, 3.8) is 0 Å². The van der Waals surface area contributed by atoms with Crippen molar-refractivity contribution in [1.29, 1.82) is 0 Å². The van der Waals surface area contributed by atoms with Crippen molar-refractivity contribution in [2.24, 2.45) is 4.99 Å². The number of halogens is 1. The van der Waals surface area contributed by atoms with E-state index in [0.29, 0.717) is 26.6 Å². The lowest BCUT2D eigenvalue weighted by Gasteiger charge is -2.12. The van der Waals surface area contributed by atoms with Crippen LogP contribution in [0.2, 0.25) is 0 Å². The molecule has 0 saturated carbocycles. The van der Waals surface area contributed by atoms with Crippen molar-refractivity contribution in [2.75, 3.05) is 5.32 Å². The normalized spacial score (nSPS) is 13.2. The van der Waals surface area contributed by atoms with Gasteiger partial charge in [-0.05, 0) is 77.1 Å². The zero-order chi connectivity index (χ0) is 22.6. The summed E-state index contributed by atoms with van der Waals surface area (Å²) >= 11 is 6.45. The second-order valence-electron chi connectivity index (χ2n) is 7.39. The van der Waals surface area contributed by atoms with Gasteiger partial charge in [-0.1, -0.05) is 18.2 Å². The van der Waals surface area contributed by atoms with Crippen LogP contribution < -0.4 is 5.32 Å². The van der Waals surface area contributed by atoms with Gasteiger partial charge in [0, 0.05) is 29.0 Å². The summed E-state index contributed by atoms with van der Waals surface area (Å²) < 4.78 is 6.73. The number of fused-ring (bicyclic) bond motifs is 1. The van der Waals surface area contributed by atoms with Crippen LogP contribution in [0.1, 0.15) is 39.4 Å². The number of anilines is 1. The van der Waals surface area contributed by atoms with Crippen molar-refractivity contribution in [2.45, 2.75) is 35.9 Å². The molecule has 0 unspecified atom stereocenters. The summed E-state index contributed by atoms with van der Waals surface area (Å²) in [6.07, 6.45) is 9.17. The van der Waals surface area contributed by atoms with Gasteiger partial charge in [0.15, 0.2) is 10.2 Å². The predicted octanol–water partition coefficient (Wildman–Crippen LogP) is 6.93. The maximum Gasteiger partial charge on any atom is 0.259 e. The molecule has 3 heterocycles. The fraction of sp³-hybridized carbons (Fsp3) is 0.167. The van der Waals surface area contributed by atoms with E-state index in [4.69, 9.17) is 4.42 Å². The highest BCUT2D eigenvalue weighted by atomic mass is 79.9. The molecule has 1 aliphatic rings. The Morgan fingerprint density at radius 3 is 2.76 bits per heavy atom. The highest BCUT2D eigenvalue weighted by Gasteiger charge is 2.25. The smallest absolute Gasteiger partial charge is 0.259 e. The Labute approximate surface area is 207 Å². The number of amides is 1. The molecule has 0 bridgehead atoms. The first-order valence-corrected chi connectivity index (χ1v) is 12.9. The van der Waals surface area contributed by atoms with Crippen molar-refractivity contribution in [1.82, 2.24) is 9.97 Å². The summed E-state index contributed by atoms with van der Waals surface area (Å²) in [5, 5.41) is 4.98. The van der Waals surface area contributed by atoms with Gasteiger partial charge in [0.1, 0.15) is 10.8 Å². The maximum absolute atomic E-state index is 13.2. The molecular formula is C24H19BrN4O2S2. The quantitative estimate of drug-likeness (QED) is 0.212. The van der Waals surface area contributed by atoms with Crippen molar-refractivity contribution in [3.8, 4) is 0 Å². The third-order valence-electron chi connectivity index (χ3n) is 5.12. The van der Waals surface area contributed by atoms with E-state index in [9.17, 15) is 4.79 Å². The number of para-hydroxylation sites is 1. The molecule has 0 spiro atoms. The number of carbonyl (C=O) groups excluding carboxylic acids is 1. The molecule has 166 valence electrons. The molecule has 5 rings (SSSR count). The first-order valence-electron chi connectivity index (χ1n) is 10.5. The number of thiophene rings is 1. The Morgan fingerprint density at radius 2 is 1.94 bits per heavy atom. The van der Waals surface area contributed by atoms with Crippen LogP contribution in [-0.2, 0) is 12.8 Å². The van der Waals surface area contributed by atoms with Crippen LogP contribution in [0.4, 0.5) is 10.7 Å². The Balaban J connectivity index is 1.42. The minimum absolute atomic E-state index is 0.120. The van der Waals surface area contributed by atoms with E-state index in [1.807, 2.05) is 36.4 Å². The molecule has 0 fully saturated rings. The number of nitrogens with zero attached hydrogens (tertiary/aromatic N) is 3. The van der Waals surface area contributed by atoms with Gasteiger partial charge in [0.25, 0.3) is 5.91 Å². The lowest BCUT2D eigenvalue weighted by Crippen LogP contribution is -2.14. The molecule has 3 aromatic heterocycles. The van der Waals surface area contributed by atoms with Gasteiger partial charge < -0.3 is 9.73 Å². The molecule has 1 aliphatic carbocycles. The molecule has 1 aromatic carbocycles. The van der Waals surface area contributed by atoms with Gasteiger partial charge >= 0.3 is 0 Å². The number of nitrogens with one attached hydrogen (secondary N) is 1. The SMILES string of the molecule is O=C(Nc1ccccc1)c1c(N=Cc2cc(Br)c(Sc3ncccn3)o2)sc2c1CCCC2. The van der Waals surface area contributed by atoms with E-state index in [1.54, 1.807) is 36.0 Å². The van der Waals surface area contributed by atoms with Gasteiger partial charge in [0.2, 0.25) is 0 Å². The number of rotatable bonds is 6. The summed E-state index contributed by atoms with van der Waals surface area (Å²) in [5.74, 6) is 0.465. The minimum Gasteiger partial charge on any atom is -0.447 e. The fourth-order valence-corrected chi connectivity index (χ4v) is 6.10. The molecule has 0 saturated heterocycles. The summed E-state index contributed by atoms with van der Waals surface area (Å²) in [4.78, 5) is 27.6. The van der Waals surface area contributed by atoms with Crippen molar-refractivity contribution >= 4 is 61.8 Å². The minimum atomic E-state index is -0.120. The third kappa shape index (κ3) is 5.10. The number of aryl methyl sites for hydroxylation is 1. The van der Waals surface area contributed by atoms with Crippen LogP contribution >= 0.6 is 39.0 Å². The van der Waals surface area contributed by atoms with Gasteiger partial charge in [0.05, 0.1) is 16.3 Å². The topological polar surface area (TPSA) is 80.4 Å². The number of hydrogen-bond acceptors (Lipinski definition) is 7. The Hall–Kier alpha value is -2.75. The predicted molar refractivity (Wildman–Crippen MR) is 135 cm³/mol. The number of aromatic nitrogens is 2. The summed E-state index contributed by atoms with van der Waals surface area (Å²) in [5.41, 5.74) is 2.57. The molecule has 33 heavy (non-hydrogen) atoms. The van der Waals surface area contributed by atoms with Crippen LogP contribution in [0, 0.1) is 0 Å².